The van der Waals surface area contributed by atoms with Crippen molar-refractivity contribution in [2.45, 2.75) is 19.5 Å². The molecule has 0 aromatic heterocycles. The maximum absolute atomic E-state index is 13.8. The third kappa shape index (κ3) is 7.22. The summed E-state index contributed by atoms with van der Waals surface area (Å²) in [5.74, 6) is -0.555. The zero-order valence-electron chi connectivity index (χ0n) is 14.7. The number of nitriles is 1. The summed E-state index contributed by atoms with van der Waals surface area (Å²) >= 11 is 0. The van der Waals surface area contributed by atoms with Gasteiger partial charge in [0.2, 0.25) is 0 Å². The Bertz CT molecular complexity index is 865. The first-order chi connectivity index (χ1) is 12.8. The number of nitrogens with one attached hydrogen (secondary N) is 2. The van der Waals surface area contributed by atoms with Gasteiger partial charge in [0, 0.05) is 31.3 Å². The average molecular weight is 508 g/mol. The molecular weight excluding hydrogens is 491 g/mol. The molecule has 0 radical (unpaired) electrons. The van der Waals surface area contributed by atoms with Crippen molar-refractivity contribution in [3.05, 3.63) is 65.0 Å². The number of benzene rings is 2. The SMILES string of the molecule is CN=C(NCc1cc(C#N)ccc1F)NCc1ccccc1OC(F)(F)F.I. The number of aliphatic imine (C=N–C) groups is 1. The molecular formula is C18H17F4IN4O. The number of alkyl halides is 3. The Morgan fingerprint density at radius 3 is 2.36 bits per heavy atom. The fourth-order valence-electron chi connectivity index (χ4n) is 2.23. The van der Waals surface area contributed by atoms with Gasteiger partial charge in [-0.25, -0.2) is 4.39 Å². The molecule has 10 heteroatoms. The zero-order chi connectivity index (χ0) is 19.9. The van der Waals surface area contributed by atoms with Crippen LogP contribution in [0.2, 0.25) is 0 Å². The minimum Gasteiger partial charge on any atom is -0.405 e. The lowest BCUT2D eigenvalue weighted by Gasteiger charge is -2.16. The summed E-state index contributed by atoms with van der Waals surface area (Å²) < 4.78 is 55.1. The minimum absolute atomic E-state index is 0. The van der Waals surface area contributed by atoms with Crippen molar-refractivity contribution >= 4 is 29.9 Å². The first-order valence-corrected chi connectivity index (χ1v) is 7.79. The van der Waals surface area contributed by atoms with Crippen molar-refractivity contribution in [3.63, 3.8) is 0 Å². The number of guanidine groups is 1. The van der Waals surface area contributed by atoms with E-state index in [9.17, 15) is 17.6 Å². The van der Waals surface area contributed by atoms with Gasteiger partial charge >= 0.3 is 6.36 Å². The predicted octanol–water partition coefficient (Wildman–Crippen LogP) is 4.08. The molecule has 2 rings (SSSR count). The second-order valence-electron chi connectivity index (χ2n) is 5.35. The standard InChI is InChI=1S/C18H16F4N4O.HI/c1-24-17(26-11-14-8-12(9-23)6-7-15(14)19)25-10-13-4-2-3-5-16(13)27-18(20,21)22;/h2-8H,10-11H2,1H3,(H2,24,25,26);1H. The summed E-state index contributed by atoms with van der Waals surface area (Å²) in [4.78, 5) is 3.94. The summed E-state index contributed by atoms with van der Waals surface area (Å²) in [7, 11) is 1.47. The van der Waals surface area contributed by atoms with E-state index in [1.165, 1.54) is 43.4 Å². The van der Waals surface area contributed by atoms with Crippen molar-refractivity contribution in [1.29, 1.82) is 5.26 Å². The van der Waals surface area contributed by atoms with Gasteiger partial charge in [-0.3, -0.25) is 4.99 Å². The Morgan fingerprint density at radius 2 is 1.75 bits per heavy atom. The van der Waals surface area contributed by atoms with E-state index in [0.717, 1.165) is 0 Å². The van der Waals surface area contributed by atoms with E-state index in [1.54, 1.807) is 6.07 Å². The van der Waals surface area contributed by atoms with Crippen LogP contribution >= 0.6 is 24.0 Å². The summed E-state index contributed by atoms with van der Waals surface area (Å²) in [5.41, 5.74) is 0.850. The van der Waals surface area contributed by atoms with Crippen LogP contribution in [0.3, 0.4) is 0 Å². The summed E-state index contributed by atoms with van der Waals surface area (Å²) in [6, 6.07) is 11.6. The van der Waals surface area contributed by atoms with Gasteiger partial charge in [0.25, 0.3) is 0 Å². The van der Waals surface area contributed by atoms with Crippen LogP contribution in [0, 0.1) is 17.1 Å². The van der Waals surface area contributed by atoms with E-state index in [0.29, 0.717) is 5.56 Å². The topological polar surface area (TPSA) is 69.4 Å². The highest BCUT2D eigenvalue weighted by Crippen LogP contribution is 2.26. The lowest BCUT2D eigenvalue weighted by molar-refractivity contribution is -0.274. The van der Waals surface area contributed by atoms with Crippen LogP contribution in [0.15, 0.2) is 47.5 Å². The van der Waals surface area contributed by atoms with E-state index in [4.69, 9.17) is 5.26 Å². The van der Waals surface area contributed by atoms with Crippen molar-refractivity contribution < 1.29 is 22.3 Å². The molecule has 0 bridgehead atoms. The molecule has 0 aliphatic rings. The van der Waals surface area contributed by atoms with Crippen molar-refractivity contribution in [2.24, 2.45) is 4.99 Å². The molecule has 0 aliphatic carbocycles. The van der Waals surface area contributed by atoms with E-state index < -0.39 is 12.2 Å². The quantitative estimate of drug-likeness (QED) is 0.277. The molecule has 2 aromatic carbocycles. The van der Waals surface area contributed by atoms with E-state index in [1.807, 2.05) is 6.07 Å². The van der Waals surface area contributed by atoms with E-state index >= 15 is 0 Å². The van der Waals surface area contributed by atoms with Gasteiger partial charge in [0.15, 0.2) is 5.96 Å². The van der Waals surface area contributed by atoms with Crippen LogP contribution < -0.4 is 15.4 Å². The van der Waals surface area contributed by atoms with Crippen LogP contribution in [-0.2, 0) is 13.1 Å². The molecule has 0 fully saturated rings. The van der Waals surface area contributed by atoms with Crippen molar-refractivity contribution in [2.75, 3.05) is 7.05 Å². The second-order valence-corrected chi connectivity index (χ2v) is 5.35. The van der Waals surface area contributed by atoms with E-state index in [-0.39, 0.29) is 59.9 Å². The Hall–Kier alpha value is -2.55. The molecule has 0 aliphatic heterocycles. The third-order valence-electron chi connectivity index (χ3n) is 3.49. The zero-order valence-corrected chi connectivity index (χ0v) is 17.0. The van der Waals surface area contributed by atoms with Crippen LogP contribution in [0.1, 0.15) is 16.7 Å². The molecule has 0 amide bonds. The number of halogens is 5. The second kappa shape index (κ2) is 10.7. The summed E-state index contributed by atoms with van der Waals surface area (Å²) in [6.07, 6.45) is -4.79. The van der Waals surface area contributed by atoms with Crippen LogP contribution in [0.4, 0.5) is 17.6 Å². The average Bonchev–Trinajstić information content (AvgIpc) is 2.63. The number of hydrogen-bond donors (Lipinski definition) is 2. The molecule has 0 atom stereocenters. The van der Waals surface area contributed by atoms with Gasteiger partial charge in [-0.2, -0.15) is 5.26 Å². The molecule has 2 N–H and O–H groups in total. The Morgan fingerprint density at radius 1 is 1.11 bits per heavy atom. The maximum atomic E-state index is 13.8. The number of ether oxygens (including phenoxy) is 1. The number of para-hydroxylation sites is 1. The molecule has 0 saturated heterocycles. The third-order valence-corrected chi connectivity index (χ3v) is 3.49. The molecule has 0 spiro atoms. The van der Waals surface area contributed by atoms with Gasteiger partial charge in [0.1, 0.15) is 11.6 Å². The molecule has 5 nitrogen and oxygen atoms in total. The Labute approximate surface area is 176 Å². The number of rotatable bonds is 5. The Balaban J connectivity index is 0.00000392. The van der Waals surface area contributed by atoms with Crippen molar-refractivity contribution in [3.8, 4) is 11.8 Å². The first-order valence-electron chi connectivity index (χ1n) is 7.79. The highest BCUT2D eigenvalue weighted by atomic mass is 127. The van der Waals surface area contributed by atoms with Gasteiger partial charge in [-0.05, 0) is 24.3 Å². The van der Waals surface area contributed by atoms with Gasteiger partial charge in [-0.15, -0.1) is 37.1 Å². The summed E-state index contributed by atoms with van der Waals surface area (Å²) in [6.45, 7) is 0.0500. The fourth-order valence-corrected chi connectivity index (χ4v) is 2.23. The smallest absolute Gasteiger partial charge is 0.405 e. The summed E-state index contributed by atoms with van der Waals surface area (Å²) in [5, 5.41) is 14.5. The lowest BCUT2D eigenvalue weighted by Crippen LogP contribution is -2.36. The highest BCUT2D eigenvalue weighted by molar-refractivity contribution is 14.0. The largest absolute Gasteiger partial charge is 0.573 e. The number of nitrogens with zero attached hydrogens (tertiary/aromatic N) is 2. The first kappa shape index (κ1) is 23.5. The van der Waals surface area contributed by atoms with Gasteiger partial charge in [0.05, 0.1) is 11.6 Å². The molecule has 150 valence electrons. The fraction of sp³-hybridized carbons (Fsp3) is 0.222. The predicted molar refractivity (Wildman–Crippen MR) is 107 cm³/mol. The van der Waals surface area contributed by atoms with Gasteiger partial charge in [-0.1, -0.05) is 18.2 Å². The van der Waals surface area contributed by atoms with Crippen LogP contribution in [0.5, 0.6) is 5.75 Å². The van der Waals surface area contributed by atoms with Crippen LogP contribution in [0.25, 0.3) is 0 Å². The minimum atomic E-state index is -4.79. The molecule has 0 saturated carbocycles. The van der Waals surface area contributed by atoms with Crippen molar-refractivity contribution in [1.82, 2.24) is 10.6 Å². The monoisotopic (exact) mass is 508 g/mol. The van der Waals surface area contributed by atoms with E-state index in [2.05, 4.69) is 20.4 Å². The van der Waals surface area contributed by atoms with Crippen LogP contribution in [-0.4, -0.2) is 19.4 Å². The molecule has 0 unspecified atom stereocenters. The molecule has 2 aromatic rings. The normalized spacial score (nSPS) is 11.2. The molecule has 0 heterocycles. The van der Waals surface area contributed by atoms with Gasteiger partial charge < -0.3 is 15.4 Å². The number of hydrogen-bond acceptors (Lipinski definition) is 3. The Kier molecular flexibility index (Phi) is 8.98. The lowest BCUT2D eigenvalue weighted by atomic mass is 10.1. The maximum Gasteiger partial charge on any atom is 0.573 e. The molecule has 28 heavy (non-hydrogen) atoms. The highest BCUT2D eigenvalue weighted by Gasteiger charge is 2.31.